The lowest BCUT2D eigenvalue weighted by molar-refractivity contribution is 1.12. The Kier molecular flexibility index (Phi) is 9.07. The number of anilines is 3. The van der Waals surface area contributed by atoms with Crippen molar-refractivity contribution in [2.45, 2.75) is 0 Å². The van der Waals surface area contributed by atoms with E-state index < -0.39 is 0 Å². The number of aromatic nitrogens is 3. The van der Waals surface area contributed by atoms with Gasteiger partial charge in [0.25, 0.3) is 0 Å². The number of hydrogen-bond acceptors (Lipinski definition) is 3. The first kappa shape index (κ1) is 39.4. The second-order valence-corrected chi connectivity index (χ2v) is 18.2. The Labute approximate surface area is 385 Å². The van der Waals surface area contributed by atoms with E-state index >= 15 is 0 Å². The molecule has 0 aliphatic rings. The van der Waals surface area contributed by atoms with Crippen molar-refractivity contribution >= 4 is 82.5 Å². The van der Waals surface area contributed by atoms with Crippen molar-refractivity contribution < 1.29 is 0 Å². The fraction of sp³-hybridized carbons (Fsp3) is 0.100. The van der Waals surface area contributed by atoms with Gasteiger partial charge < -0.3 is 28.4 Å². The van der Waals surface area contributed by atoms with E-state index in [9.17, 15) is 0 Å². The van der Waals surface area contributed by atoms with Crippen molar-refractivity contribution in [3.8, 4) is 39.3 Å². The van der Waals surface area contributed by atoms with Crippen LogP contribution in [-0.4, -0.2) is 56.0 Å². The molecule has 6 heteroatoms. The van der Waals surface area contributed by atoms with E-state index in [1.807, 2.05) is 0 Å². The highest BCUT2D eigenvalue weighted by molar-refractivity contribution is 6.14. The Hall–Kier alpha value is -8.22. The molecular formula is C60H50N6. The molecule has 0 atom stereocenters. The van der Waals surface area contributed by atoms with Crippen molar-refractivity contribution in [1.29, 1.82) is 0 Å². The van der Waals surface area contributed by atoms with Crippen LogP contribution in [0.15, 0.2) is 194 Å². The van der Waals surface area contributed by atoms with Gasteiger partial charge in [-0.3, -0.25) is 0 Å². The molecular weight excluding hydrogens is 805 g/mol. The Balaban J connectivity index is 1.02. The average Bonchev–Trinajstić information content (AvgIpc) is 3.98. The van der Waals surface area contributed by atoms with E-state index in [1.54, 1.807) is 0 Å². The summed E-state index contributed by atoms with van der Waals surface area (Å²) in [6, 6.07) is 72.1. The van der Waals surface area contributed by atoms with Gasteiger partial charge in [0.15, 0.2) is 0 Å². The van der Waals surface area contributed by atoms with E-state index in [2.05, 4.69) is 265 Å². The molecule has 0 amide bonds. The van der Waals surface area contributed by atoms with Gasteiger partial charge in [-0.2, -0.15) is 0 Å². The van der Waals surface area contributed by atoms with Gasteiger partial charge in [-0.15, -0.1) is 0 Å². The molecule has 0 unspecified atom stereocenters. The first-order chi connectivity index (χ1) is 32.2. The van der Waals surface area contributed by atoms with Crippen LogP contribution in [0.2, 0.25) is 0 Å². The maximum absolute atomic E-state index is 2.43. The Morgan fingerprint density at radius 1 is 0.242 bits per heavy atom. The van der Waals surface area contributed by atoms with Gasteiger partial charge in [0.05, 0.1) is 33.1 Å². The Morgan fingerprint density at radius 3 is 0.758 bits per heavy atom. The van der Waals surface area contributed by atoms with Crippen molar-refractivity contribution in [3.05, 3.63) is 194 Å². The maximum atomic E-state index is 2.43. The zero-order valence-corrected chi connectivity index (χ0v) is 38.2. The highest BCUT2D eigenvalue weighted by atomic mass is 15.1. The zero-order chi connectivity index (χ0) is 44.8. The maximum Gasteiger partial charge on any atom is 0.0541 e. The summed E-state index contributed by atoms with van der Waals surface area (Å²) in [6.07, 6.45) is 0. The molecule has 3 heterocycles. The van der Waals surface area contributed by atoms with Gasteiger partial charge in [-0.05, 0) is 156 Å². The molecule has 0 saturated heterocycles. The number of fused-ring (bicyclic) bond motifs is 9. The van der Waals surface area contributed by atoms with E-state index in [0.717, 1.165) is 17.1 Å². The van der Waals surface area contributed by atoms with Crippen molar-refractivity contribution in [1.82, 2.24) is 13.7 Å². The second-order valence-electron chi connectivity index (χ2n) is 18.2. The van der Waals surface area contributed by atoms with Gasteiger partial charge in [0.1, 0.15) is 0 Å². The number of rotatable bonds is 8. The van der Waals surface area contributed by atoms with Crippen LogP contribution in [0, 0.1) is 0 Å². The van der Waals surface area contributed by atoms with Crippen LogP contribution in [0.25, 0.3) is 105 Å². The number of para-hydroxylation sites is 2. The van der Waals surface area contributed by atoms with E-state index in [4.69, 9.17) is 0 Å². The highest BCUT2D eigenvalue weighted by Gasteiger charge is 2.19. The zero-order valence-electron chi connectivity index (χ0n) is 38.2. The summed E-state index contributed by atoms with van der Waals surface area (Å²) < 4.78 is 7.21. The first-order valence-corrected chi connectivity index (χ1v) is 22.7. The molecule has 9 aromatic carbocycles. The standard InChI is InChI=1S/C60H50N6/c1-61(2)43-19-25-46(26-20-43)64-55-13-9-7-11-49(55)51-35-39(15-31-57(51)64)41-17-33-59-53(37-41)54-38-42(18-34-60(54)66(59)48-29-23-45(24-30-48)63(5)6)40-16-32-58-52(36-40)50-12-8-10-14-56(50)65(58)47-27-21-44(22-28-47)62(3)4/h7-38H,1-6H3. The van der Waals surface area contributed by atoms with Crippen LogP contribution in [0.1, 0.15) is 0 Å². The molecule has 0 fully saturated rings. The van der Waals surface area contributed by atoms with Crippen LogP contribution < -0.4 is 14.7 Å². The summed E-state index contributed by atoms with van der Waals surface area (Å²) in [4.78, 5) is 6.44. The Morgan fingerprint density at radius 2 is 0.485 bits per heavy atom. The summed E-state index contributed by atoms with van der Waals surface area (Å²) in [5.74, 6) is 0. The predicted octanol–water partition coefficient (Wildman–Crippen LogP) is 14.5. The molecule has 0 aliphatic heterocycles. The average molecular weight is 855 g/mol. The lowest BCUT2D eigenvalue weighted by Crippen LogP contribution is -2.08. The lowest BCUT2D eigenvalue weighted by atomic mass is 9.98. The van der Waals surface area contributed by atoms with Crippen molar-refractivity contribution in [2.24, 2.45) is 0 Å². The molecule has 0 bridgehead atoms. The summed E-state index contributed by atoms with van der Waals surface area (Å²) in [6.45, 7) is 0. The van der Waals surface area contributed by atoms with Gasteiger partial charge >= 0.3 is 0 Å². The molecule has 320 valence electrons. The summed E-state index contributed by atoms with van der Waals surface area (Å²) in [7, 11) is 12.5. The fourth-order valence-corrected chi connectivity index (χ4v) is 10.2. The van der Waals surface area contributed by atoms with Gasteiger partial charge in [0, 0.05) is 109 Å². The smallest absolute Gasteiger partial charge is 0.0541 e. The molecule has 66 heavy (non-hydrogen) atoms. The number of hydrogen-bond donors (Lipinski definition) is 0. The molecule has 0 radical (unpaired) electrons. The largest absolute Gasteiger partial charge is 0.378 e. The monoisotopic (exact) mass is 854 g/mol. The normalized spacial score (nSPS) is 11.8. The third-order valence-corrected chi connectivity index (χ3v) is 13.6. The third-order valence-electron chi connectivity index (χ3n) is 13.6. The van der Waals surface area contributed by atoms with E-state index in [0.29, 0.717) is 0 Å². The van der Waals surface area contributed by atoms with E-state index in [-0.39, 0.29) is 0 Å². The van der Waals surface area contributed by atoms with Crippen LogP contribution in [-0.2, 0) is 0 Å². The van der Waals surface area contributed by atoms with Gasteiger partial charge in [0.2, 0.25) is 0 Å². The topological polar surface area (TPSA) is 24.5 Å². The Bertz CT molecular complexity index is 3600. The quantitative estimate of drug-likeness (QED) is 0.152. The third kappa shape index (κ3) is 6.24. The van der Waals surface area contributed by atoms with Crippen LogP contribution in [0.4, 0.5) is 17.1 Å². The first-order valence-electron chi connectivity index (χ1n) is 22.7. The van der Waals surface area contributed by atoms with Crippen LogP contribution >= 0.6 is 0 Å². The predicted molar refractivity (Wildman–Crippen MR) is 283 cm³/mol. The van der Waals surface area contributed by atoms with E-state index in [1.165, 1.54) is 105 Å². The SMILES string of the molecule is CN(C)c1ccc(-n2c3ccccc3c3cc(-c4ccc5c(c4)c4cc(-c6ccc7c(c6)c6ccccc6n7-c6ccc(N(C)C)cc6)ccc4n5-c4ccc(N(C)C)cc4)ccc32)cc1. The summed E-state index contributed by atoms with van der Waals surface area (Å²) in [5, 5.41) is 7.43. The van der Waals surface area contributed by atoms with Gasteiger partial charge in [-0.1, -0.05) is 60.7 Å². The molecule has 6 nitrogen and oxygen atoms in total. The fourth-order valence-electron chi connectivity index (χ4n) is 10.2. The summed E-state index contributed by atoms with van der Waals surface area (Å²) in [5.41, 5.74) is 18.9. The van der Waals surface area contributed by atoms with Gasteiger partial charge in [-0.25, -0.2) is 0 Å². The molecule has 0 saturated carbocycles. The van der Waals surface area contributed by atoms with Crippen molar-refractivity contribution in [2.75, 3.05) is 57.0 Å². The summed E-state index contributed by atoms with van der Waals surface area (Å²) >= 11 is 0. The number of benzene rings is 9. The van der Waals surface area contributed by atoms with Crippen LogP contribution in [0.3, 0.4) is 0 Å². The minimum Gasteiger partial charge on any atom is -0.378 e. The molecule has 12 aromatic rings. The molecule has 3 aromatic heterocycles. The minimum atomic E-state index is 1.14. The lowest BCUT2D eigenvalue weighted by Gasteiger charge is -2.14. The number of nitrogens with zero attached hydrogens (tertiary/aromatic N) is 6. The molecule has 0 N–H and O–H groups in total. The molecule has 12 rings (SSSR count). The highest BCUT2D eigenvalue weighted by Crippen LogP contribution is 2.41. The second kappa shape index (κ2) is 15.2. The van der Waals surface area contributed by atoms with Crippen molar-refractivity contribution in [3.63, 3.8) is 0 Å². The van der Waals surface area contributed by atoms with Crippen LogP contribution in [0.5, 0.6) is 0 Å². The minimum absolute atomic E-state index is 1.14. The molecule has 0 spiro atoms. The molecule has 0 aliphatic carbocycles.